The fourth-order valence-electron chi connectivity index (χ4n) is 3.72. The smallest absolute Gasteiger partial charge is 0.272 e. The molecule has 6 nitrogen and oxygen atoms in total. The standard InChI is InChI=1S/C22H24Cl2N4O2/c23-18-7-6-16(14-19(18)24)30-15-8-12-28(13-9-15)11-3-10-25-22(29)21-17-4-1-2-5-20(17)26-27-21/h1-2,4-7,14-15H,3,8-13H2,(H,25,29)(H,26,27). The minimum Gasteiger partial charge on any atom is -0.490 e. The zero-order chi connectivity index (χ0) is 20.9. The Kier molecular flexibility index (Phi) is 6.77. The van der Waals surface area contributed by atoms with Gasteiger partial charge in [-0.25, -0.2) is 0 Å². The number of hydrogen-bond donors (Lipinski definition) is 2. The number of halogens is 2. The van der Waals surface area contributed by atoms with Crippen LogP contribution in [0.15, 0.2) is 42.5 Å². The third kappa shape index (κ3) is 5.06. The predicted octanol–water partition coefficient (Wildman–Crippen LogP) is 4.53. The van der Waals surface area contributed by atoms with Crippen LogP contribution in [0.5, 0.6) is 5.75 Å². The van der Waals surface area contributed by atoms with Crippen molar-refractivity contribution in [2.75, 3.05) is 26.2 Å². The van der Waals surface area contributed by atoms with Crippen LogP contribution in [0.2, 0.25) is 10.0 Å². The minimum atomic E-state index is -0.138. The van der Waals surface area contributed by atoms with Crippen molar-refractivity contribution in [2.24, 2.45) is 0 Å². The van der Waals surface area contributed by atoms with E-state index in [0.29, 0.717) is 22.3 Å². The Morgan fingerprint density at radius 2 is 1.97 bits per heavy atom. The van der Waals surface area contributed by atoms with Gasteiger partial charge in [0.1, 0.15) is 11.9 Å². The van der Waals surface area contributed by atoms with Crippen molar-refractivity contribution in [1.82, 2.24) is 20.4 Å². The minimum absolute atomic E-state index is 0.138. The fraction of sp³-hybridized carbons (Fsp3) is 0.364. The molecule has 1 fully saturated rings. The lowest BCUT2D eigenvalue weighted by molar-refractivity contribution is 0.0932. The number of likely N-dealkylation sites (tertiary alicyclic amines) is 1. The predicted molar refractivity (Wildman–Crippen MR) is 120 cm³/mol. The number of rotatable bonds is 7. The second-order valence-electron chi connectivity index (χ2n) is 7.46. The maximum Gasteiger partial charge on any atom is 0.272 e. The molecule has 1 aliphatic heterocycles. The van der Waals surface area contributed by atoms with E-state index in [1.54, 1.807) is 12.1 Å². The van der Waals surface area contributed by atoms with Crippen LogP contribution in [0, 0.1) is 0 Å². The SMILES string of the molecule is O=C(NCCCN1CCC(Oc2ccc(Cl)c(Cl)c2)CC1)c1n[nH]c2ccccc12. The average Bonchev–Trinajstić information content (AvgIpc) is 3.19. The van der Waals surface area contributed by atoms with Gasteiger partial charge in [-0.15, -0.1) is 0 Å². The van der Waals surface area contributed by atoms with Crippen LogP contribution < -0.4 is 10.1 Å². The van der Waals surface area contributed by atoms with Crippen LogP contribution in [0.25, 0.3) is 10.9 Å². The van der Waals surface area contributed by atoms with Crippen LogP contribution in [-0.2, 0) is 0 Å². The highest BCUT2D eigenvalue weighted by Crippen LogP contribution is 2.28. The number of nitrogens with one attached hydrogen (secondary N) is 2. The van der Waals surface area contributed by atoms with Crippen molar-refractivity contribution >= 4 is 40.0 Å². The van der Waals surface area contributed by atoms with Gasteiger partial charge in [0.05, 0.1) is 15.6 Å². The average molecular weight is 447 g/mol. The molecule has 0 saturated carbocycles. The number of piperidine rings is 1. The van der Waals surface area contributed by atoms with Gasteiger partial charge < -0.3 is 15.0 Å². The van der Waals surface area contributed by atoms with Crippen molar-refractivity contribution < 1.29 is 9.53 Å². The van der Waals surface area contributed by atoms with E-state index < -0.39 is 0 Å². The van der Waals surface area contributed by atoms with Crippen molar-refractivity contribution in [2.45, 2.75) is 25.4 Å². The number of aromatic nitrogens is 2. The van der Waals surface area contributed by atoms with E-state index in [9.17, 15) is 4.79 Å². The molecular formula is C22H24Cl2N4O2. The molecule has 3 aromatic rings. The number of benzene rings is 2. The van der Waals surface area contributed by atoms with Gasteiger partial charge in [-0.1, -0.05) is 41.4 Å². The molecule has 0 spiro atoms. The maximum absolute atomic E-state index is 12.4. The highest BCUT2D eigenvalue weighted by Gasteiger charge is 2.20. The second kappa shape index (κ2) is 9.69. The Bertz CT molecular complexity index is 1020. The Morgan fingerprint density at radius 3 is 2.77 bits per heavy atom. The first-order valence-corrected chi connectivity index (χ1v) is 10.9. The summed E-state index contributed by atoms with van der Waals surface area (Å²) in [5.41, 5.74) is 1.32. The van der Waals surface area contributed by atoms with Gasteiger partial charge in [0.2, 0.25) is 0 Å². The molecule has 1 aromatic heterocycles. The summed E-state index contributed by atoms with van der Waals surface area (Å²) in [5.74, 6) is 0.623. The van der Waals surface area contributed by atoms with Crippen LogP contribution in [0.3, 0.4) is 0 Å². The van der Waals surface area contributed by atoms with E-state index in [-0.39, 0.29) is 12.0 Å². The van der Waals surface area contributed by atoms with Crippen LogP contribution in [0.4, 0.5) is 0 Å². The zero-order valence-corrected chi connectivity index (χ0v) is 18.0. The van der Waals surface area contributed by atoms with Gasteiger partial charge >= 0.3 is 0 Å². The molecule has 0 bridgehead atoms. The van der Waals surface area contributed by atoms with Gasteiger partial charge in [-0.2, -0.15) is 5.10 Å². The molecule has 2 heterocycles. The number of amides is 1. The first-order valence-electron chi connectivity index (χ1n) is 10.2. The Morgan fingerprint density at radius 1 is 1.17 bits per heavy atom. The van der Waals surface area contributed by atoms with Crippen molar-refractivity contribution in [3.05, 3.63) is 58.2 Å². The highest BCUT2D eigenvalue weighted by atomic mass is 35.5. The monoisotopic (exact) mass is 446 g/mol. The van der Waals surface area contributed by atoms with Crippen LogP contribution in [-0.4, -0.2) is 53.3 Å². The lowest BCUT2D eigenvalue weighted by Crippen LogP contribution is -2.39. The van der Waals surface area contributed by atoms with Gasteiger partial charge in [-0.3, -0.25) is 9.89 Å². The van der Waals surface area contributed by atoms with E-state index in [2.05, 4.69) is 20.4 Å². The zero-order valence-electron chi connectivity index (χ0n) is 16.5. The Hall–Kier alpha value is -2.28. The quantitative estimate of drug-likeness (QED) is 0.522. The second-order valence-corrected chi connectivity index (χ2v) is 8.28. The number of H-pyrrole nitrogens is 1. The summed E-state index contributed by atoms with van der Waals surface area (Å²) in [6.07, 6.45) is 3.01. The molecule has 2 N–H and O–H groups in total. The summed E-state index contributed by atoms with van der Waals surface area (Å²) in [6.45, 7) is 3.52. The van der Waals surface area contributed by atoms with Gasteiger partial charge in [-0.05, 0) is 44.0 Å². The Balaban J connectivity index is 1.16. The number of carbonyl (C=O) groups is 1. The van der Waals surface area contributed by atoms with E-state index in [4.69, 9.17) is 27.9 Å². The number of para-hydroxylation sites is 1. The first kappa shape index (κ1) is 21.0. The Labute approximate surface area is 185 Å². The van der Waals surface area contributed by atoms with E-state index >= 15 is 0 Å². The number of nitrogens with zero attached hydrogens (tertiary/aromatic N) is 2. The largest absolute Gasteiger partial charge is 0.490 e. The molecule has 0 aliphatic carbocycles. The van der Waals surface area contributed by atoms with E-state index in [1.165, 1.54) is 0 Å². The topological polar surface area (TPSA) is 70.2 Å². The lowest BCUT2D eigenvalue weighted by Gasteiger charge is -2.32. The summed E-state index contributed by atoms with van der Waals surface area (Å²) in [4.78, 5) is 14.8. The third-order valence-electron chi connectivity index (χ3n) is 5.35. The lowest BCUT2D eigenvalue weighted by atomic mass is 10.1. The number of hydrogen-bond acceptors (Lipinski definition) is 4. The molecule has 8 heteroatoms. The van der Waals surface area contributed by atoms with E-state index in [1.807, 2.05) is 30.3 Å². The molecule has 0 atom stereocenters. The molecule has 4 rings (SSSR count). The van der Waals surface area contributed by atoms with Crippen LogP contribution >= 0.6 is 23.2 Å². The molecule has 1 amide bonds. The summed E-state index contributed by atoms with van der Waals surface area (Å²) < 4.78 is 6.04. The van der Waals surface area contributed by atoms with Crippen LogP contribution in [0.1, 0.15) is 29.8 Å². The number of carbonyl (C=O) groups excluding carboxylic acids is 1. The van der Waals surface area contributed by atoms with Gasteiger partial charge in [0.15, 0.2) is 5.69 Å². The maximum atomic E-state index is 12.4. The molecule has 30 heavy (non-hydrogen) atoms. The van der Waals surface area contributed by atoms with Gasteiger partial charge in [0.25, 0.3) is 5.91 Å². The summed E-state index contributed by atoms with van der Waals surface area (Å²) >= 11 is 12.0. The molecule has 1 saturated heterocycles. The van der Waals surface area contributed by atoms with Crippen molar-refractivity contribution in [3.8, 4) is 5.75 Å². The first-order chi connectivity index (χ1) is 14.6. The van der Waals surface area contributed by atoms with Gasteiger partial charge in [0, 0.05) is 31.1 Å². The number of fused-ring (bicyclic) bond motifs is 1. The molecule has 0 radical (unpaired) electrons. The molecular weight excluding hydrogens is 423 g/mol. The molecule has 158 valence electrons. The molecule has 0 unspecified atom stereocenters. The fourth-order valence-corrected chi connectivity index (χ4v) is 4.01. The van der Waals surface area contributed by atoms with E-state index in [0.717, 1.165) is 55.5 Å². The van der Waals surface area contributed by atoms with Crippen molar-refractivity contribution in [3.63, 3.8) is 0 Å². The third-order valence-corrected chi connectivity index (χ3v) is 6.09. The summed E-state index contributed by atoms with van der Waals surface area (Å²) in [7, 11) is 0. The molecule has 2 aromatic carbocycles. The summed E-state index contributed by atoms with van der Waals surface area (Å²) in [5, 5.41) is 11.9. The highest BCUT2D eigenvalue weighted by molar-refractivity contribution is 6.42. The van der Waals surface area contributed by atoms with Crippen molar-refractivity contribution in [1.29, 1.82) is 0 Å². The molecule has 1 aliphatic rings. The summed E-state index contributed by atoms with van der Waals surface area (Å²) in [6, 6.07) is 13.0. The number of aromatic amines is 1. The normalized spacial score (nSPS) is 15.4. The number of ether oxygens (including phenoxy) is 1.